The lowest BCUT2D eigenvalue weighted by molar-refractivity contribution is -0.128. The summed E-state index contributed by atoms with van der Waals surface area (Å²) in [6, 6.07) is 17.1. The molecule has 1 unspecified atom stereocenters. The van der Waals surface area contributed by atoms with E-state index in [4.69, 9.17) is 0 Å². The van der Waals surface area contributed by atoms with E-state index in [9.17, 15) is 9.59 Å². The number of carbonyl (C=O) groups excluding carboxylic acids is 2. The number of benzene rings is 2. The van der Waals surface area contributed by atoms with Crippen molar-refractivity contribution in [3.63, 3.8) is 0 Å². The van der Waals surface area contributed by atoms with Gasteiger partial charge in [-0.3, -0.25) is 9.59 Å². The normalized spacial score (nSPS) is 16.2. The number of unbranched alkanes of at least 4 members (excludes halogenated alkanes) is 1. The molecule has 2 atom stereocenters. The van der Waals surface area contributed by atoms with E-state index in [2.05, 4.69) is 41.8 Å². The molecule has 4 nitrogen and oxygen atoms in total. The van der Waals surface area contributed by atoms with Crippen LogP contribution in [0.2, 0.25) is 0 Å². The average Bonchev–Trinajstić information content (AvgIpc) is 2.83. The van der Waals surface area contributed by atoms with Crippen molar-refractivity contribution < 1.29 is 9.59 Å². The molecule has 1 fully saturated rings. The summed E-state index contributed by atoms with van der Waals surface area (Å²) in [6.45, 7) is 4.83. The molecule has 32 heavy (non-hydrogen) atoms. The predicted octanol–water partition coefficient (Wildman–Crippen LogP) is 6.36. The van der Waals surface area contributed by atoms with E-state index < -0.39 is 6.04 Å². The fourth-order valence-corrected chi connectivity index (χ4v) is 5.34. The topological polar surface area (TPSA) is 49.4 Å². The summed E-state index contributed by atoms with van der Waals surface area (Å²) >= 11 is 2.22. The molecule has 0 heterocycles. The Morgan fingerprint density at radius 1 is 1.03 bits per heavy atom. The summed E-state index contributed by atoms with van der Waals surface area (Å²) in [6.07, 6.45) is 7.40. The van der Waals surface area contributed by atoms with Gasteiger partial charge in [0.1, 0.15) is 6.04 Å². The molecule has 5 heteroatoms. The van der Waals surface area contributed by atoms with Crippen molar-refractivity contribution in [1.29, 1.82) is 0 Å². The molecule has 1 saturated carbocycles. The van der Waals surface area contributed by atoms with Crippen LogP contribution >= 0.6 is 22.6 Å². The Bertz CT molecular complexity index is 880. The van der Waals surface area contributed by atoms with Gasteiger partial charge in [-0.25, -0.2) is 0 Å². The number of hydrogen-bond donors (Lipinski definition) is 1. The van der Waals surface area contributed by atoms with Crippen LogP contribution in [0.4, 0.5) is 0 Å². The fourth-order valence-electron chi connectivity index (χ4n) is 4.72. The van der Waals surface area contributed by atoms with Gasteiger partial charge in [0.25, 0.3) is 5.91 Å². The molecule has 172 valence electrons. The third-order valence-corrected chi connectivity index (χ3v) is 7.47. The molecule has 0 spiro atoms. The van der Waals surface area contributed by atoms with Gasteiger partial charge in [-0.2, -0.15) is 0 Å². The predicted molar refractivity (Wildman–Crippen MR) is 138 cm³/mol. The molecule has 0 aliphatic heterocycles. The zero-order chi connectivity index (χ0) is 22.9. The van der Waals surface area contributed by atoms with E-state index >= 15 is 0 Å². The molecule has 1 aliphatic carbocycles. The molecule has 1 N–H and O–H groups in total. The van der Waals surface area contributed by atoms with Crippen molar-refractivity contribution in [2.45, 2.75) is 70.9 Å². The van der Waals surface area contributed by atoms with Crippen LogP contribution in [0, 0.1) is 9.49 Å². The Morgan fingerprint density at radius 3 is 2.34 bits per heavy atom. The third kappa shape index (κ3) is 6.12. The highest BCUT2D eigenvalue weighted by molar-refractivity contribution is 14.1. The van der Waals surface area contributed by atoms with E-state index in [0.29, 0.717) is 12.1 Å². The highest BCUT2D eigenvalue weighted by Crippen LogP contribution is 2.35. The van der Waals surface area contributed by atoms with Gasteiger partial charge >= 0.3 is 0 Å². The zero-order valence-corrected chi connectivity index (χ0v) is 21.4. The standard InChI is InChI=1S/C27H35IN2O2/c1-3-4-19-29-26(31)25(22-15-9-6-10-16-22)30(20(2)21-13-7-5-8-14-21)27(32)23-17-11-12-18-24(23)28/h5,7-8,11-14,17-18,20,22,25H,3-4,6,9-10,15-16,19H2,1-2H3,(H,29,31)/t20-,25?/m1/s1. The van der Waals surface area contributed by atoms with Gasteiger partial charge in [-0.05, 0) is 72.4 Å². The number of carbonyl (C=O) groups is 2. The third-order valence-electron chi connectivity index (χ3n) is 6.53. The quantitative estimate of drug-likeness (QED) is 0.294. The maximum atomic E-state index is 14.0. The van der Waals surface area contributed by atoms with Gasteiger partial charge in [-0.1, -0.05) is 75.1 Å². The van der Waals surface area contributed by atoms with E-state index in [1.54, 1.807) is 0 Å². The SMILES string of the molecule is CCCCNC(=O)C(C1CCCCC1)N(C(=O)c1ccccc1I)[C@H](C)c1ccccc1. The Hall–Kier alpha value is -1.89. The second-order valence-corrected chi connectivity index (χ2v) is 9.93. The van der Waals surface area contributed by atoms with Crippen LogP contribution in [0.5, 0.6) is 0 Å². The molecular formula is C27H35IN2O2. The molecule has 1 aliphatic rings. The first kappa shape index (κ1) is 24.7. The van der Waals surface area contributed by atoms with Crippen molar-refractivity contribution in [3.8, 4) is 0 Å². The van der Waals surface area contributed by atoms with Crippen LogP contribution in [0.1, 0.15) is 80.8 Å². The van der Waals surface area contributed by atoms with Crippen LogP contribution in [-0.2, 0) is 4.79 Å². The van der Waals surface area contributed by atoms with Crippen LogP contribution in [-0.4, -0.2) is 29.3 Å². The van der Waals surface area contributed by atoms with Crippen molar-refractivity contribution in [2.24, 2.45) is 5.92 Å². The molecular weight excluding hydrogens is 511 g/mol. The monoisotopic (exact) mass is 546 g/mol. The first-order valence-electron chi connectivity index (χ1n) is 11.9. The number of hydrogen-bond acceptors (Lipinski definition) is 2. The van der Waals surface area contributed by atoms with E-state index in [1.165, 1.54) is 6.42 Å². The van der Waals surface area contributed by atoms with Crippen LogP contribution in [0.25, 0.3) is 0 Å². The smallest absolute Gasteiger partial charge is 0.256 e. The van der Waals surface area contributed by atoms with E-state index in [-0.39, 0.29) is 23.8 Å². The van der Waals surface area contributed by atoms with Gasteiger partial charge in [0.05, 0.1) is 11.6 Å². The Kier molecular flexibility index (Phi) is 9.57. The maximum Gasteiger partial charge on any atom is 0.256 e. The van der Waals surface area contributed by atoms with Crippen molar-refractivity contribution in [2.75, 3.05) is 6.54 Å². The summed E-state index contributed by atoms with van der Waals surface area (Å²) in [5, 5.41) is 3.15. The number of halogens is 1. The lowest BCUT2D eigenvalue weighted by Gasteiger charge is -2.41. The number of nitrogens with zero attached hydrogens (tertiary/aromatic N) is 1. The average molecular weight is 546 g/mol. The molecule has 3 rings (SSSR count). The minimum absolute atomic E-state index is 0.00702. The summed E-state index contributed by atoms with van der Waals surface area (Å²) in [4.78, 5) is 29.5. The lowest BCUT2D eigenvalue weighted by atomic mass is 9.81. The molecule has 2 aromatic carbocycles. The Balaban J connectivity index is 2.04. The first-order chi connectivity index (χ1) is 15.5. The zero-order valence-electron chi connectivity index (χ0n) is 19.2. The van der Waals surface area contributed by atoms with Crippen LogP contribution in [0.3, 0.4) is 0 Å². The van der Waals surface area contributed by atoms with Crippen molar-refractivity contribution in [1.82, 2.24) is 10.2 Å². The largest absolute Gasteiger partial charge is 0.354 e. The lowest BCUT2D eigenvalue weighted by Crippen LogP contribution is -2.54. The fraction of sp³-hybridized carbons (Fsp3) is 0.481. The van der Waals surface area contributed by atoms with Gasteiger partial charge in [0.2, 0.25) is 5.91 Å². The Labute approximate surface area is 206 Å². The molecule has 2 amide bonds. The van der Waals surface area contributed by atoms with Crippen molar-refractivity contribution >= 4 is 34.4 Å². The maximum absolute atomic E-state index is 14.0. The first-order valence-corrected chi connectivity index (χ1v) is 13.0. The molecule has 0 aromatic heterocycles. The van der Waals surface area contributed by atoms with Gasteiger partial charge in [0.15, 0.2) is 0 Å². The minimum Gasteiger partial charge on any atom is -0.354 e. The number of amides is 2. The van der Waals surface area contributed by atoms with Crippen LogP contribution in [0.15, 0.2) is 54.6 Å². The highest BCUT2D eigenvalue weighted by atomic mass is 127. The summed E-state index contributed by atoms with van der Waals surface area (Å²) in [7, 11) is 0. The van der Waals surface area contributed by atoms with Crippen LogP contribution < -0.4 is 5.32 Å². The van der Waals surface area contributed by atoms with Gasteiger partial charge in [0, 0.05) is 10.1 Å². The number of rotatable bonds is 9. The highest BCUT2D eigenvalue weighted by Gasteiger charge is 2.40. The number of nitrogens with one attached hydrogen (secondary N) is 1. The van der Waals surface area contributed by atoms with Gasteiger partial charge in [-0.15, -0.1) is 0 Å². The molecule has 2 aromatic rings. The van der Waals surface area contributed by atoms with E-state index in [1.807, 2.05) is 59.5 Å². The second-order valence-electron chi connectivity index (χ2n) is 8.77. The summed E-state index contributed by atoms with van der Waals surface area (Å²) in [5.74, 6) is 0.113. The molecule has 0 radical (unpaired) electrons. The summed E-state index contributed by atoms with van der Waals surface area (Å²) < 4.78 is 0.911. The minimum atomic E-state index is -0.467. The Morgan fingerprint density at radius 2 is 1.69 bits per heavy atom. The molecule has 0 saturated heterocycles. The van der Waals surface area contributed by atoms with E-state index in [0.717, 1.165) is 47.7 Å². The molecule has 0 bridgehead atoms. The van der Waals surface area contributed by atoms with Gasteiger partial charge < -0.3 is 10.2 Å². The van der Waals surface area contributed by atoms with Crippen molar-refractivity contribution in [3.05, 3.63) is 69.3 Å². The summed E-state index contributed by atoms with van der Waals surface area (Å²) in [5.41, 5.74) is 1.71. The second kappa shape index (κ2) is 12.4.